The first-order valence-electron chi connectivity index (χ1n) is 8.46. The Kier molecular flexibility index (Phi) is 10.0. The predicted molar refractivity (Wildman–Crippen MR) is 91.0 cm³/mol. The molecule has 0 atom stereocenters. The highest BCUT2D eigenvalue weighted by Gasteiger charge is 2.12. The molecule has 2 aliphatic rings. The second-order valence-corrected chi connectivity index (χ2v) is 6.01. The first-order chi connectivity index (χ1) is 10.8. The second kappa shape index (κ2) is 11.6. The van der Waals surface area contributed by atoms with E-state index in [0.717, 1.165) is 26.9 Å². The average molecular weight is 308 g/mol. The van der Waals surface area contributed by atoms with Gasteiger partial charge in [0, 0.05) is 32.6 Å². The summed E-state index contributed by atoms with van der Waals surface area (Å²) in [6.07, 6.45) is 5.26. The third-order valence-electron chi connectivity index (χ3n) is 3.83. The Morgan fingerprint density at radius 3 is 2.23 bits per heavy atom. The maximum atomic E-state index is 7.00. The fraction of sp³-hybridized carbons (Fsp3) is 0.722. The molecule has 0 aliphatic carbocycles. The van der Waals surface area contributed by atoms with Crippen LogP contribution in [0.3, 0.4) is 0 Å². The van der Waals surface area contributed by atoms with E-state index >= 15 is 0 Å². The van der Waals surface area contributed by atoms with Crippen molar-refractivity contribution in [3.05, 3.63) is 29.6 Å². The zero-order valence-electron chi connectivity index (χ0n) is 14.4. The molecule has 0 amide bonds. The Morgan fingerprint density at radius 1 is 1.09 bits per heavy atom. The zero-order chi connectivity index (χ0) is 16.2. The van der Waals surface area contributed by atoms with E-state index in [4.69, 9.17) is 14.8 Å². The smallest absolute Gasteiger partial charge is 0.0547 e. The van der Waals surface area contributed by atoms with Gasteiger partial charge in [-0.15, -0.1) is 0 Å². The van der Waals surface area contributed by atoms with Gasteiger partial charge < -0.3 is 9.84 Å². The molecule has 3 rings (SSSR count). The first kappa shape index (κ1) is 19.1. The minimum atomic E-state index is 0.531. The summed E-state index contributed by atoms with van der Waals surface area (Å²) in [5.74, 6) is 0.531. The third-order valence-corrected chi connectivity index (χ3v) is 3.83. The van der Waals surface area contributed by atoms with Crippen LogP contribution in [0.4, 0.5) is 0 Å². The predicted octanol–water partition coefficient (Wildman–Crippen LogP) is 3.21. The summed E-state index contributed by atoms with van der Waals surface area (Å²) < 4.78 is 4.94. The molecule has 22 heavy (non-hydrogen) atoms. The van der Waals surface area contributed by atoms with Gasteiger partial charge >= 0.3 is 0 Å². The lowest BCUT2D eigenvalue weighted by Gasteiger charge is -2.14. The summed E-state index contributed by atoms with van der Waals surface area (Å²) in [6, 6.07) is 6.40. The van der Waals surface area contributed by atoms with Crippen molar-refractivity contribution in [2.45, 2.75) is 52.0 Å². The fourth-order valence-corrected chi connectivity index (χ4v) is 2.59. The van der Waals surface area contributed by atoms with E-state index in [1.807, 2.05) is 0 Å². The Labute approximate surface area is 135 Å². The number of ether oxygens (including phenoxy) is 1. The van der Waals surface area contributed by atoms with E-state index in [2.05, 4.69) is 36.9 Å². The van der Waals surface area contributed by atoms with Crippen LogP contribution >= 0.6 is 0 Å². The van der Waals surface area contributed by atoms with Crippen LogP contribution in [-0.2, 0) is 11.3 Å². The monoisotopic (exact) mass is 308 g/mol. The lowest BCUT2D eigenvalue weighted by molar-refractivity contribution is 0.198. The molecule has 1 aromatic heterocycles. The average Bonchev–Trinajstić information content (AvgIpc) is 3.26. The number of hydrogen-bond acceptors (Lipinski definition) is 4. The van der Waals surface area contributed by atoms with Crippen LogP contribution < -0.4 is 0 Å². The highest BCUT2D eigenvalue weighted by atomic mass is 16.5. The molecule has 4 heteroatoms. The number of pyridine rings is 1. The Hall–Kier alpha value is -0.970. The Morgan fingerprint density at radius 2 is 1.73 bits per heavy atom. The van der Waals surface area contributed by atoms with Crippen LogP contribution in [0, 0.1) is 0 Å². The summed E-state index contributed by atoms with van der Waals surface area (Å²) >= 11 is 0. The van der Waals surface area contributed by atoms with Crippen LogP contribution in [0.2, 0.25) is 0 Å². The molecule has 0 bridgehead atoms. The van der Waals surface area contributed by atoms with Gasteiger partial charge in [0.15, 0.2) is 0 Å². The van der Waals surface area contributed by atoms with Gasteiger partial charge in [0.2, 0.25) is 0 Å². The third kappa shape index (κ3) is 7.34. The van der Waals surface area contributed by atoms with Crippen LogP contribution in [0.15, 0.2) is 18.2 Å². The molecule has 2 aliphatic heterocycles. The molecule has 4 nitrogen and oxygen atoms in total. The molecular weight excluding hydrogens is 276 g/mol. The van der Waals surface area contributed by atoms with Crippen LogP contribution in [0.1, 0.15) is 56.8 Å². The van der Waals surface area contributed by atoms with E-state index in [1.165, 1.54) is 50.2 Å². The summed E-state index contributed by atoms with van der Waals surface area (Å²) in [7, 11) is 1.00. The molecule has 0 spiro atoms. The summed E-state index contributed by atoms with van der Waals surface area (Å²) in [5, 5.41) is 7.00. The molecule has 0 aromatic carbocycles. The number of likely N-dealkylation sites (tertiary alicyclic amines) is 1. The maximum absolute atomic E-state index is 7.00. The lowest BCUT2D eigenvalue weighted by atomic mass is 10.1. The van der Waals surface area contributed by atoms with E-state index in [1.54, 1.807) is 0 Å². The maximum Gasteiger partial charge on any atom is 0.0547 e. The summed E-state index contributed by atoms with van der Waals surface area (Å²) in [5.41, 5.74) is 2.44. The lowest BCUT2D eigenvalue weighted by Crippen LogP contribution is -2.19. The minimum Gasteiger partial charge on any atom is -0.400 e. The van der Waals surface area contributed by atoms with Gasteiger partial charge in [-0.25, -0.2) is 0 Å². The van der Waals surface area contributed by atoms with Gasteiger partial charge in [-0.3, -0.25) is 9.88 Å². The van der Waals surface area contributed by atoms with Crippen molar-refractivity contribution < 1.29 is 9.84 Å². The van der Waals surface area contributed by atoms with Gasteiger partial charge in [-0.2, -0.15) is 0 Å². The Bertz CT molecular complexity index is 379. The molecule has 0 saturated carbocycles. The van der Waals surface area contributed by atoms with Gasteiger partial charge in [-0.1, -0.05) is 19.9 Å². The quantitative estimate of drug-likeness (QED) is 0.931. The normalized spacial score (nSPS) is 17.7. The van der Waals surface area contributed by atoms with Crippen molar-refractivity contribution in [1.82, 2.24) is 9.88 Å². The molecule has 0 unspecified atom stereocenters. The number of aliphatic hydroxyl groups excluding tert-OH is 1. The molecule has 3 heterocycles. The molecule has 1 N–H and O–H groups in total. The van der Waals surface area contributed by atoms with Crippen molar-refractivity contribution in [3.63, 3.8) is 0 Å². The van der Waals surface area contributed by atoms with Crippen LogP contribution in [0.25, 0.3) is 0 Å². The first-order valence-corrected chi connectivity index (χ1v) is 8.46. The van der Waals surface area contributed by atoms with Crippen molar-refractivity contribution in [1.29, 1.82) is 0 Å². The highest BCUT2D eigenvalue weighted by Crippen LogP contribution is 2.15. The summed E-state index contributed by atoms with van der Waals surface area (Å²) in [6.45, 7) is 9.91. The van der Waals surface area contributed by atoms with Gasteiger partial charge in [0.25, 0.3) is 0 Å². The van der Waals surface area contributed by atoms with Crippen molar-refractivity contribution >= 4 is 0 Å². The largest absolute Gasteiger partial charge is 0.400 e. The molecule has 0 radical (unpaired) electrons. The number of aromatic nitrogens is 1. The number of rotatable bonds is 3. The Balaban J connectivity index is 0.000000289. The van der Waals surface area contributed by atoms with E-state index < -0.39 is 0 Å². The molecule has 126 valence electrons. The molecule has 2 saturated heterocycles. The SMILES string of the molecule is C1CCOC1.CC(C)c1cccc(CN2CCCC2)n1.CO. The van der Waals surface area contributed by atoms with Crippen LogP contribution in [-0.4, -0.2) is 48.4 Å². The number of aliphatic hydroxyl groups is 1. The molecular formula is C18H32N2O2. The summed E-state index contributed by atoms with van der Waals surface area (Å²) in [4.78, 5) is 7.19. The number of hydrogen-bond donors (Lipinski definition) is 1. The van der Waals surface area contributed by atoms with Crippen molar-refractivity contribution in [2.75, 3.05) is 33.4 Å². The van der Waals surface area contributed by atoms with Gasteiger partial charge in [-0.05, 0) is 56.8 Å². The topological polar surface area (TPSA) is 45.6 Å². The molecule has 2 fully saturated rings. The van der Waals surface area contributed by atoms with Crippen molar-refractivity contribution in [3.8, 4) is 0 Å². The van der Waals surface area contributed by atoms with Crippen LogP contribution in [0.5, 0.6) is 0 Å². The van der Waals surface area contributed by atoms with E-state index in [0.29, 0.717) is 5.92 Å². The standard InChI is InChI=1S/C13H20N2.C4H8O.CH4O/c1-11(2)13-7-5-6-12(14-13)10-15-8-3-4-9-15;1-2-4-5-3-1;1-2/h5-7,11H,3-4,8-10H2,1-2H3;1-4H2;2H,1H3. The zero-order valence-corrected chi connectivity index (χ0v) is 14.4. The van der Waals surface area contributed by atoms with Crippen molar-refractivity contribution in [2.24, 2.45) is 0 Å². The van der Waals surface area contributed by atoms with E-state index in [-0.39, 0.29) is 0 Å². The minimum absolute atomic E-state index is 0.531. The van der Waals surface area contributed by atoms with Gasteiger partial charge in [0.05, 0.1) is 5.69 Å². The van der Waals surface area contributed by atoms with E-state index in [9.17, 15) is 0 Å². The van der Waals surface area contributed by atoms with Gasteiger partial charge in [0.1, 0.15) is 0 Å². The fourth-order valence-electron chi connectivity index (χ4n) is 2.59. The molecule has 1 aromatic rings. The number of nitrogens with zero attached hydrogens (tertiary/aromatic N) is 2. The second-order valence-electron chi connectivity index (χ2n) is 6.01. The highest BCUT2D eigenvalue weighted by molar-refractivity contribution is 5.13.